The van der Waals surface area contributed by atoms with Crippen molar-refractivity contribution in [2.24, 2.45) is 0 Å². The molecule has 0 spiro atoms. The smallest absolute Gasteiger partial charge is 0.0998 e. The summed E-state index contributed by atoms with van der Waals surface area (Å²) in [5, 5.41) is 18.7. The molecule has 3 aromatic rings. The normalized spacial score (nSPS) is 11.0. The van der Waals surface area contributed by atoms with Crippen LogP contribution < -0.4 is 0 Å². The van der Waals surface area contributed by atoms with Gasteiger partial charge in [-0.15, -0.1) is 0 Å². The molecule has 3 rings (SSSR count). The van der Waals surface area contributed by atoms with Crippen LogP contribution in [0.2, 0.25) is 0 Å². The molecular formula is C22H16BrN3. The molecule has 0 saturated carbocycles. The Labute approximate surface area is 161 Å². The van der Waals surface area contributed by atoms with Gasteiger partial charge in [0.2, 0.25) is 0 Å². The lowest BCUT2D eigenvalue weighted by Gasteiger charge is -2.09. The first-order valence-corrected chi connectivity index (χ1v) is 8.90. The minimum Gasteiger partial charge on any atom is -0.318 e. The van der Waals surface area contributed by atoms with Crippen LogP contribution >= 0.6 is 15.9 Å². The molecule has 0 aliphatic carbocycles. The number of nitriles is 2. The van der Waals surface area contributed by atoms with Crippen molar-refractivity contribution < 1.29 is 0 Å². The molecule has 0 aliphatic rings. The Morgan fingerprint density at radius 2 is 1.77 bits per heavy atom. The van der Waals surface area contributed by atoms with E-state index in [1.54, 1.807) is 18.2 Å². The lowest BCUT2D eigenvalue weighted by atomic mass is 10.0. The highest BCUT2D eigenvalue weighted by Gasteiger charge is 2.11. The van der Waals surface area contributed by atoms with Gasteiger partial charge in [-0.3, -0.25) is 0 Å². The number of halogens is 1. The Morgan fingerprint density at radius 1 is 1.04 bits per heavy atom. The Morgan fingerprint density at radius 3 is 2.42 bits per heavy atom. The first kappa shape index (κ1) is 17.7. The number of rotatable bonds is 3. The zero-order valence-corrected chi connectivity index (χ0v) is 16.1. The van der Waals surface area contributed by atoms with E-state index in [1.165, 1.54) is 0 Å². The second kappa shape index (κ2) is 7.44. The third kappa shape index (κ3) is 3.47. The molecule has 0 unspecified atom stereocenters. The highest BCUT2D eigenvalue weighted by Crippen LogP contribution is 2.26. The molecule has 0 saturated heterocycles. The fourth-order valence-electron chi connectivity index (χ4n) is 3.01. The van der Waals surface area contributed by atoms with Gasteiger partial charge in [0.25, 0.3) is 0 Å². The highest BCUT2D eigenvalue weighted by atomic mass is 79.9. The van der Waals surface area contributed by atoms with E-state index in [4.69, 9.17) is 5.26 Å². The number of aryl methyl sites for hydroxylation is 1. The van der Waals surface area contributed by atoms with Gasteiger partial charge in [-0.2, -0.15) is 10.5 Å². The molecule has 1 heterocycles. The van der Waals surface area contributed by atoms with Gasteiger partial charge in [-0.05, 0) is 73.5 Å². The van der Waals surface area contributed by atoms with Crippen molar-refractivity contribution in [1.82, 2.24) is 4.57 Å². The van der Waals surface area contributed by atoms with E-state index in [-0.39, 0.29) is 0 Å². The van der Waals surface area contributed by atoms with Crippen LogP contribution in [0.25, 0.3) is 17.3 Å². The van der Waals surface area contributed by atoms with E-state index in [9.17, 15) is 5.26 Å². The number of allylic oxidation sites excluding steroid dienone is 1. The molecule has 2 aromatic carbocycles. The summed E-state index contributed by atoms with van der Waals surface area (Å²) in [4.78, 5) is 0. The molecule has 126 valence electrons. The first-order valence-electron chi connectivity index (χ1n) is 8.10. The second-order valence-corrected chi connectivity index (χ2v) is 6.92. The summed E-state index contributed by atoms with van der Waals surface area (Å²) in [5.41, 5.74) is 6.06. The van der Waals surface area contributed by atoms with Gasteiger partial charge < -0.3 is 4.57 Å². The maximum atomic E-state index is 9.61. The van der Waals surface area contributed by atoms with Crippen molar-refractivity contribution in [1.29, 1.82) is 10.5 Å². The summed E-state index contributed by atoms with van der Waals surface area (Å²) in [5.74, 6) is 0. The van der Waals surface area contributed by atoms with Crippen LogP contribution in [-0.4, -0.2) is 4.57 Å². The van der Waals surface area contributed by atoms with Gasteiger partial charge in [0.1, 0.15) is 0 Å². The van der Waals surface area contributed by atoms with Gasteiger partial charge in [-0.25, -0.2) is 0 Å². The maximum Gasteiger partial charge on any atom is 0.0998 e. The number of aromatic nitrogens is 1. The summed E-state index contributed by atoms with van der Waals surface area (Å²) in [6.45, 7) is 4.09. The van der Waals surface area contributed by atoms with Crippen LogP contribution in [0.5, 0.6) is 0 Å². The summed E-state index contributed by atoms with van der Waals surface area (Å²) in [6, 6.07) is 21.7. The predicted octanol–water partition coefficient (Wildman–Crippen LogP) is 5.79. The molecule has 0 atom stereocenters. The van der Waals surface area contributed by atoms with Crippen molar-refractivity contribution in [2.45, 2.75) is 13.8 Å². The summed E-state index contributed by atoms with van der Waals surface area (Å²) in [6.07, 6.45) is 1.88. The Balaban J connectivity index is 2.08. The standard InChI is InChI=1S/C22H16BrN3/c1-15-10-19(16(2)26(15)22-8-6-21(23)7-9-22)12-20(14-25)18-5-3-4-17(11-18)13-24/h3-12H,1-2H3/b20-12-. The van der Waals surface area contributed by atoms with Crippen molar-refractivity contribution in [3.8, 4) is 17.8 Å². The molecule has 4 heteroatoms. The van der Waals surface area contributed by atoms with E-state index < -0.39 is 0 Å². The summed E-state index contributed by atoms with van der Waals surface area (Å²) >= 11 is 3.46. The van der Waals surface area contributed by atoms with Crippen molar-refractivity contribution in [3.05, 3.63) is 87.1 Å². The minimum atomic E-state index is 0.540. The van der Waals surface area contributed by atoms with Gasteiger partial charge in [-0.1, -0.05) is 28.1 Å². The molecule has 0 N–H and O–H groups in total. The van der Waals surface area contributed by atoms with E-state index in [2.05, 4.69) is 57.8 Å². The Kier molecular flexibility index (Phi) is 5.07. The summed E-state index contributed by atoms with van der Waals surface area (Å²) < 4.78 is 3.20. The Bertz CT molecular complexity index is 1070. The quantitative estimate of drug-likeness (QED) is 0.521. The topological polar surface area (TPSA) is 52.5 Å². The maximum absolute atomic E-state index is 9.61. The van der Waals surface area contributed by atoms with E-state index in [1.807, 2.05) is 31.2 Å². The van der Waals surface area contributed by atoms with Crippen LogP contribution in [0.15, 0.2) is 59.1 Å². The van der Waals surface area contributed by atoms with E-state index >= 15 is 0 Å². The Hall–Kier alpha value is -3.08. The molecule has 0 fully saturated rings. The number of nitrogens with zero attached hydrogens (tertiary/aromatic N) is 3. The molecule has 0 bridgehead atoms. The molecule has 3 nitrogen and oxygen atoms in total. The molecule has 0 aliphatic heterocycles. The molecular weight excluding hydrogens is 386 g/mol. The van der Waals surface area contributed by atoms with Crippen LogP contribution in [0.1, 0.15) is 28.1 Å². The minimum absolute atomic E-state index is 0.540. The number of hydrogen-bond acceptors (Lipinski definition) is 2. The van der Waals surface area contributed by atoms with Crippen molar-refractivity contribution in [2.75, 3.05) is 0 Å². The molecule has 26 heavy (non-hydrogen) atoms. The average molecular weight is 402 g/mol. The third-order valence-electron chi connectivity index (χ3n) is 4.28. The fraction of sp³-hybridized carbons (Fsp3) is 0.0909. The third-order valence-corrected chi connectivity index (χ3v) is 4.81. The van der Waals surface area contributed by atoms with Crippen molar-refractivity contribution >= 4 is 27.6 Å². The van der Waals surface area contributed by atoms with Gasteiger partial charge in [0, 0.05) is 21.5 Å². The molecule has 0 amide bonds. The zero-order valence-electron chi connectivity index (χ0n) is 14.5. The predicted molar refractivity (Wildman–Crippen MR) is 108 cm³/mol. The monoisotopic (exact) mass is 401 g/mol. The highest BCUT2D eigenvalue weighted by molar-refractivity contribution is 9.10. The van der Waals surface area contributed by atoms with Gasteiger partial charge >= 0.3 is 0 Å². The largest absolute Gasteiger partial charge is 0.318 e. The van der Waals surface area contributed by atoms with Gasteiger partial charge in [0.05, 0.1) is 23.3 Å². The lowest BCUT2D eigenvalue weighted by molar-refractivity contribution is 0.964. The van der Waals surface area contributed by atoms with Crippen LogP contribution in [-0.2, 0) is 0 Å². The number of hydrogen-bond donors (Lipinski definition) is 0. The van der Waals surface area contributed by atoms with Gasteiger partial charge in [0.15, 0.2) is 0 Å². The number of benzene rings is 2. The summed E-state index contributed by atoms with van der Waals surface area (Å²) in [7, 11) is 0. The van der Waals surface area contributed by atoms with Crippen LogP contribution in [0.3, 0.4) is 0 Å². The average Bonchev–Trinajstić information content (AvgIpc) is 2.94. The molecule has 1 aromatic heterocycles. The fourth-order valence-corrected chi connectivity index (χ4v) is 3.28. The van der Waals surface area contributed by atoms with E-state index in [0.29, 0.717) is 11.1 Å². The van der Waals surface area contributed by atoms with Crippen LogP contribution in [0.4, 0.5) is 0 Å². The second-order valence-electron chi connectivity index (χ2n) is 6.00. The SMILES string of the molecule is Cc1cc(/C=C(/C#N)c2cccc(C#N)c2)c(C)n1-c1ccc(Br)cc1. The zero-order chi connectivity index (χ0) is 18.7. The first-order chi connectivity index (χ1) is 12.5. The lowest BCUT2D eigenvalue weighted by Crippen LogP contribution is -1.98. The van der Waals surface area contributed by atoms with Crippen molar-refractivity contribution in [3.63, 3.8) is 0 Å². The van der Waals surface area contributed by atoms with E-state index in [0.717, 1.165) is 32.7 Å². The molecule has 0 radical (unpaired) electrons. The van der Waals surface area contributed by atoms with Crippen LogP contribution in [0, 0.1) is 36.5 Å².